The van der Waals surface area contributed by atoms with Crippen molar-refractivity contribution >= 4 is 0 Å². The maximum Gasteiger partial charge on any atom is 0.0615 e. The van der Waals surface area contributed by atoms with E-state index in [4.69, 9.17) is 10.5 Å². The summed E-state index contributed by atoms with van der Waals surface area (Å²) < 4.78 is 5.36. The van der Waals surface area contributed by atoms with Gasteiger partial charge in [0, 0.05) is 37.3 Å². The second-order valence-electron chi connectivity index (χ2n) is 6.48. The molecule has 0 amide bonds. The number of hydrogen-bond acceptors (Lipinski definition) is 4. The summed E-state index contributed by atoms with van der Waals surface area (Å²) in [6.07, 6.45) is 5.13. The molecule has 2 N–H and O–H groups in total. The van der Waals surface area contributed by atoms with Gasteiger partial charge in [0.2, 0.25) is 0 Å². The molecule has 0 aromatic rings. The van der Waals surface area contributed by atoms with Crippen molar-refractivity contribution in [2.45, 2.75) is 63.2 Å². The average Bonchev–Trinajstić information content (AvgIpc) is 2.64. The minimum absolute atomic E-state index is 0.186. The first-order valence-electron chi connectivity index (χ1n) is 7.75. The molecule has 0 aliphatic carbocycles. The van der Waals surface area contributed by atoms with Crippen molar-refractivity contribution in [2.75, 3.05) is 33.9 Å². The van der Waals surface area contributed by atoms with Crippen LogP contribution < -0.4 is 5.73 Å². The second kappa shape index (κ2) is 6.08. The van der Waals surface area contributed by atoms with E-state index in [2.05, 4.69) is 30.7 Å². The van der Waals surface area contributed by atoms with Crippen molar-refractivity contribution in [3.63, 3.8) is 0 Å². The molecule has 2 fully saturated rings. The van der Waals surface area contributed by atoms with Crippen LogP contribution in [0.4, 0.5) is 0 Å². The molecule has 4 heteroatoms. The number of rotatable bonds is 6. The van der Waals surface area contributed by atoms with E-state index in [9.17, 15) is 0 Å². The molecule has 2 heterocycles. The van der Waals surface area contributed by atoms with Crippen LogP contribution in [-0.2, 0) is 4.74 Å². The fourth-order valence-electron chi connectivity index (χ4n) is 4.51. The Balaban J connectivity index is 2.17. The second-order valence-corrected chi connectivity index (χ2v) is 6.48. The molecular weight excluding hydrogens is 238 g/mol. The molecule has 0 radical (unpaired) electrons. The van der Waals surface area contributed by atoms with E-state index in [1.54, 1.807) is 7.11 Å². The summed E-state index contributed by atoms with van der Waals surface area (Å²) in [6.45, 7) is 7.15. The first-order chi connectivity index (χ1) is 9.07. The zero-order valence-corrected chi connectivity index (χ0v) is 13.1. The van der Waals surface area contributed by atoms with Gasteiger partial charge in [0.05, 0.1) is 6.61 Å². The summed E-state index contributed by atoms with van der Waals surface area (Å²) >= 11 is 0. The summed E-state index contributed by atoms with van der Waals surface area (Å²) in [5, 5.41) is 0. The molecule has 0 saturated carbocycles. The Morgan fingerprint density at radius 1 is 1.37 bits per heavy atom. The van der Waals surface area contributed by atoms with Crippen LogP contribution in [0.15, 0.2) is 0 Å². The van der Waals surface area contributed by atoms with Gasteiger partial charge in [0.1, 0.15) is 0 Å². The number of fused-ring (bicyclic) bond motifs is 2. The van der Waals surface area contributed by atoms with Crippen molar-refractivity contribution in [1.29, 1.82) is 0 Å². The zero-order chi connectivity index (χ0) is 14.0. The Bertz CT molecular complexity index is 283. The number of ether oxygens (including phenoxy) is 1. The van der Waals surface area contributed by atoms with E-state index < -0.39 is 0 Å². The maximum absolute atomic E-state index is 6.25. The molecule has 3 atom stereocenters. The lowest BCUT2D eigenvalue weighted by Gasteiger charge is -2.52. The van der Waals surface area contributed by atoms with Crippen molar-refractivity contribution in [3.05, 3.63) is 0 Å². The monoisotopic (exact) mass is 269 g/mol. The standard InChI is InChI=1S/C15H31N3O/c1-5-18(12(2)10-19-4)15(11-16)8-13-6-7-14(9-15)17(13)3/h12-14H,5-11,16H2,1-4H3. The Morgan fingerprint density at radius 3 is 2.37 bits per heavy atom. The maximum atomic E-state index is 6.25. The quantitative estimate of drug-likeness (QED) is 0.789. The van der Waals surface area contributed by atoms with Crippen LogP contribution in [0.1, 0.15) is 39.5 Å². The fraction of sp³-hybridized carbons (Fsp3) is 1.00. The minimum Gasteiger partial charge on any atom is -0.383 e. The van der Waals surface area contributed by atoms with Gasteiger partial charge in [0.15, 0.2) is 0 Å². The van der Waals surface area contributed by atoms with Crippen molar-refractivity contribution in [3.8, 4) is 0 Å². The number of nitrogens with two attached hydrogens (primary N) is 1. The Labute approximate surface area is 118 Å². The predicted molar refractivity (Wildman–Crippen MR) is 79.3 cm³/mol. The zero-order valence-electron chi connectivity index (χ0n) is 13.1. The van der Waals surface area contributed by atoms with E-state index in [-0.39, 0.29) is 5.54 Å². The molecule has 2 rings (SSSR count). The van der Waals surface area contributed by atoms with Gasteiger partial charge in [-0.1, -0.05) is 6.92 Å². The summed E-state index contributed by atoms with van der Waals surface area (Å²) in [7, 11) is 4.08. The number of piperidine rings is 1. The smallest absolute Gasteiger partial charge is 0.0615 e. The molecule has 4 nitrogen and oxygen atoms in total. The summed E-state index contributed by atoms with van der Waals surface area (Å²) in [5.74, 6) is 0. The van der Waals surface area contributed by atoms with E-state index in [0.29, 0.717) is 6.04 Å². The van der Waals surface area contributed by atoms with E-state index in [1.165, 1.54) is 25.7 Å². The largest absolute Gasteiger partial charge is 0.383 e. The number of methoxy groups -OCH3 is 1. The molecular formula is C15H31N3O. The van der Waals surface area contributed by atoms with Crippen LogP contribution >= 0.6 is 0 Å². The van der Waals surface area contributed by atoms with Gasteiger partial charge in [-0.25, -0.2) is 0 Å². The summed E-state index contributed by atoms with van der Waals surface area (Å²) in [4.78, 5) is 5.19. The van der Waals surface area contributed by atoms with E-state index in [1.807, 2.05) is 0 Å². The molecule has 2 bridgehead atoms. The van der Waals surface area contributed by atoms with Gasteiger partial charge in [-0.2, -0.15) is 0 Å². The average molecular weight is 269 g/mol. The van der Waals surface area contributed by atoms with Crippen LogP contribution in [0.25, 0.3) is 0 Å². The Kier molecular flexibility index (Phi) is 4.88. The third kappa shape index (κ3) is 2.68. The van der Waals surface area contributed by atoms with Crippen molar-refractivity contribution < 1.29 is 4.74 Å². The topological polar surface area (TPSA) is 41.7 Å². The lowest BCUT2D eigenvalue weighted by molar-refractivity contribution is -0.0345. The van der Waals surface area contributed by atoms with Crippen LogP contribution in [-0.4, -0.2) is 67.3 Å². The molecule has 112 valence electrons. The van der Waals surface area contributed by atoms with E-state index >= 15 is 0 Å². The van der Waals surface area contributed by atoms with Crippen molar-refractivity contribution in [2.24, 2.45) is 5.73 Å². The minimum atomic E-state index is 0.186. The van der Waals surface area contributed by atoms with Crippen LogP contribution in [0.3, 0.4) is 0 Å². The van der Waals surface area contributed by atoms with Gasteiger partial charge in [0.25, 0.3) is 0 Å². The normalized spacial score (nSPS) is 36.9. The van der Waals surface area contributed by atoms with Gasteiger partial charge >= 0.3 is 0 Å². The Morgan fingerprint density at radius 2 is 1.95 bits per heavy atom. The lowest BCUT2D eigenvalue weighted by Crippen LogP contribution is -2.64. The van der Waals surface area contributed by atoms with Crippen LogP contribution in [0, 0.1) is 0 Å². The van der Waals surface area contributed by atoms with Crippen LogP contribution in [0.2, 0.25) is 0 Å². The van der Waals surface area contributed by atoms with Gasteiger partial charge in [-0.15, -0.1) is 0 Å². The molecule has 2 aliphatic rings. The molecule has 0 spiro atoms. The van der Waals surface area contributed by atoms with Gasteiger partial charge in [-0.05, 0) is 46.2 Å². The van der Waals surface area contributed by atoms with Crippen molar-refractivity contribution in [1.82, 2.24) is 9.80 Å². The SMILES string of the molecule is CCN(C(C)COC)C1(CN)CC2CCC(C1)N2C. The molecule has 2 aliphatic heterocycles. The molecule has 0 aromatic carbocycles. The highest BCUT2D eigenvalue weighted by molar-refractivity contribution is 5.07. The Hall–Kier alpha value is -0.160. The summed E-state index contributed by atoms with van der Waals surface area (Å²) in [5.41, 5.74) is 6.43. The van der Waals surface area contributed by atoms with Gasteiger partial charge < -0.3 is 15.4 Å². The molecule has 0 aromatic heterocycles. The predicted octanol–water partition coefficient (Wildman–Crippen LogP) is 1.30. The highest BCUT2D eigenvalue weighted by atomic mass is 16.5. The number of hydrogen-bond donors (Lipinski definition) is 1. The summed E-state index contributed by atoms with van der Waals surface area (Å²) in [6, 6.07) is 1.90. The van der Waals surface area contributed by atoms with Crippen LogP contribution in [0.5, 0.6) is 0 Å². The lowest BCUT2D eigenvalue weighted by atomic mass is 9.80. The third-order valence-electron chi connectivity index (χ3n) is 5.49. The van der Waals surface area contributed by atoms with Gasteiger partial charge in [-0.3, -0.25) is 4.90 Å². The first kappa shape index (κ1) is 15.2. The highest BCUT2D eigenvalue weighted by Crippen LogP contribution is 2.42. The third-order valence-corrected chi connectivity index (χ3v) is 5.49. The fourth-order valence-corrected chi connectivity index (χ4v) is 4.51. The molecule has 2 saturated heterocycles. The number of likely N-dealkylation sites (N-methyl/N-ethyl adjacent to an activating group) is 1. The highest BCUT2D eigenvalue weighted by Gasteiger charge is 2.49. The first-order valence-corrected chi connectivity index (χ1v) is 7.75. The van der Waals surface area contributed by atoms with E-state index in [0.717, 1.165) is 31.8 Å². The molecule has 19 heavy (non-hydrogen) atoms. The molecule has 3 unspecified atom stereocenters. The number of nitrogens with zero attached hydrogens (tertiary/aromatic N) is 2.